The van der Waals surface area contributed by atoms with Crippen LogP contribution in [0.3, 0.4) is 0 Å². The lowest BCUT2D eigenvalue weighted by Gasteiger charge is -2.02. The highest BCUT2D eigenvalue weighted by Gasteiger charge is 2.09. The van der Waals surface area contributed by atoms with Crippen LogP contribution in [-0.4, -0.2) is 15.7 Å². The number of halogens is 2. The van der Waals surface area contributed by atoms with Crippen LogP contribution in [0.1, 0.15) is 25.3 Å². The van der Waals surface area contributed by atoms with Crippen molar-refractivity contribution in [3.05, 3.63) is 45.5 Å². The van der Waals surface area contributed by atoms with Gasteiger partial charge in [0.1, 0.15) is 0 Å². The number of hydrogen-bond acceptors (Lipinski definition) is 2. The first kappa shape index (κ1) is 15.1. The van der Waals surface area contributed by atoms with E-state index in [2.05, 4.69) is 26.3 Å². The van der Waals surface area contributed by atoms with E-state index in [1.807, 2.05) is 37.4 Å². The maximum atomic E-state index is 11.6. The first-order valence-electron chi connectivity index (χ1n) is 6.35. The fraction of sp³-hybridized carbons (Fsp3) is 0.286. The molecule has 0 aliphatic carbocycles. The Kier molecular flexibility index (Phi) is 5.20. The van der Waals surface area contributed by atoms with Crippen molar-refractivity contribution in [3.63, 3.8) is 0 Å². The highest BCUT2D eigenvalue weighted by Crippen LogP contribution is 2.21. The van der Waals surface area contributed by atoms with Crippen molar-refractivity contribution in [2.45, 2.75) is 26.3 Å². The molecule has 0 aliphatic rings. The quantitative estimate of drug-likeness (QED) is 0.877. The molecule has 4 nitrogen and oxygen atoms in total. The average Bonchev–Trinajstić information content (AvgIpc) is 2.73. The molecule has 20 heavy (non-hydrogen) atoms. The number of hydrogen-bond donors (Lipinski definition) is 1. The number of nitrogens with one attached hydrogen (secondary N) is 1. The monoisotopic (exact) mass is 355 g/mol. The van der Waals surface area contributed by atoms with Gasteiger partial charge in [0, 0.05) is 17.6 Å². The van der Waals surface area contributed by atoms with Crippen molar-refractivity contribution in [1.82, 2.24) is 9.78 Å². The summed E-state index contributed by atoms with van der Waals surface area (Å²) >= 11 is 9.26. The average molecular weight is 357 g/mol. The molecule has 1 heterocycles. The Bertz CT molecular complexity index is 595. The molecule has 0 saturated carbocycles. The van der Waals surface area contributed by atoms with E-state index in [4.69, 9.17) is 11.6 Å². The van der Waals surface area contributed by atoms with Gasteiger partial charge in [0.25, 0.3) is 0 Å². The molecule has 0 bridgehead atoms. The van der Waals surface area contributed by atoms with Crippen molar-refractivity contribution in [2.75, 3.05) is 5.32 Å². The minimum Gasteiger partial charge on any atom is -0.308 e. The molecule has 106 valence electrons. The van der Waals surface area contributed by atoms with Crippen LogP contribution in [0, 0.1) is 0 Å². The van der Waals surface area contributed by atoms with Gasteiger partial charge >= 0.3 is 0 Å². The molecule has 0 fully saturated rings. The zero-order valence-electron chi connectivity index (χ0n) is 11.1. The van der Waals surface area contributed by atoms with Gasteiger partial charge in [-0.15, -0.1) is 0 Å². The van der Waals surface area contributed by atoms with Crippen LogP contribution in [0.5, 0.6) is 0 Å². The SMILES string of the molecule is CCCC(=O)Nc1nn(Cc2ccc(Cl)cc2)cc1Br. The van der Waals surface area contributed by atoms with Crippen LogP contribution in [0.15, 0.2) is 34.9 Å². The van der Waals surface area contributed by atoms with Gasteiger partial charge in [-0.05, 0) is 40.0 Å². The van der Waals surface area contributed by atoms with Gasteiger partial charge in [0.2, 0.25) is 5.91 Å². The maximum Gasteiger partial charge on any atom is 0.225 e. The normalized spacial score (nSPS) is 10.6. The van der Waals surface area contributed by atoms with Crippen molar-refractivity contribution in [3.8, 4) is 0 Å². The highest BCUT2D eigenvalue weighted by atomic mass is 79.9. The Labute approximate surface area is 131 Å². The topological polar surface area (TPSA) is 46.9 Å². The van der Waals surface area contributed by atoms with E-state index in [0.29, 0.717) is 23.8 Å². The summed E-state index contributed by atoms with van der Waals surface area (Å²) in [5.41, 5.74) is 1.09. The highest BCUT2D eigenvalue weighted by molar-refractivity contribution is 9.10. The second-order valence-electron chi connectivity index (χ2n) is 4.45. The van der Waals surface area contributed by atoms with E-state index < -0.39 is 0 Å². The summed E-state index contributed by atoms with van der Waals surface area (Å²) in [6, 6.07) is 7.60. The van der Waals surface area contributed by atoms with Crippen LogP contribution in [0.25, 0.3) is 0 Å². The van der Waals surface area contributed by atoms with E-state index in [1.165, 1.54) is 0 Å². The lowest BCUT2D eigenvalue weighted by Crippen LogP contribution is -2.12. The summed E-state index contributed by atoms with van der Waals surface area (Å²) in [5.74, 6) is 0.530. The Hall–Kier alpha value is -1.33. The number of amides is 1. The zero-order chi connectivity index (χ0) is 14.5. The van der Waals surface area contributed by atoms with Crippen LogP contribution >= 0.6 is 27.5 Å². The number of nitrogens with zero attached hydrogens (tertiary/aromatic N) is 2. The van der Waals surface area contributed by atoms with Gasteiger partial charge in [-0.1, -0.05) is 30.7 Å². The molecule has 2 aromatic rings. The van der Waals surface area contributed by atoms with E-state index in [0.717, 1.165) is 16.5 Å². The predicted molar refractivity (Wildman–Crippen MR) is 84.0 cm³/mol. The molecular formula is C14H15BrClN3O. The third-order valence-electron chi connectivity index (χ3n) is 2.71. The van der Waals surface area contributed by atoms with Crippen LogP contribution in [0.2, 0.25) is 5.02 Å². The molecule has 0 spiro atoms. The van der Waals surface area contributed by atoms with Crippen LogP contribution < -0.4 is 5.32 Å². The van der Waals surface area contributed by atoms with E-state index in [-0.39, 0.29) is 5.91 Å². The minimum absolute atomic E-state index is 0.0232. The zero-order valence-corrected chi connectivity index (χ0v) is 13.4. The summed E-state index contributed by atoms with van der Waals surface area (Å²) in [4.78, 5) is 11.6. The van der Waals surface area contributed by atoms with E-state index in [9.17, 15) is 4.79 Å². The first-order chi connectivity index (χ1) is 9.58. The third-order valence-corrected chi connectivity index (χ3v) is 3.54. The Morgan fingerprint density at radius 3 is 2.75 bits per heavy atom. The molecule has 0 aliphatic heterocycles. The molecule has 0 saturated heterocycles. The fourth-order valence-corrected chi connectivity index (χ4v) is 2.30. The van der Waals surface area contributed by atoms with Gasteiger partial charge in [0.15, 0.2) is 5.82 Å². The fourth-order valence-electron chi connectivity index (χ4n) is 1.76. The number of benzene rings is 1. The van der Waals surface area contributed by atoms with Crippen molar-refractivity contribution in [2.24, 2.45) is 0 Å². The summed E-state index contributed by atoms with van der Waals surface area (Å²) in [7, 11) is 0. The molecule has 1 N–H and O–H groups in total. The number of aromatic nitrogens is 2. The van der Waals surface area contributed by atoms with Crippen LogP contribution in [-0.2, 0) is 11.3 Å². The van der Waals surface area contributed by atoms with E-state index in [1.54, 1.807) is 4.68 Å². The second kappa shape index (κ2) is 6.90. The van der Waals surface area contributed by atoms with Gasteiger partial charge < -0.3 is 5.32 Å². The standard InChI is InChI=1S/C14H15BrClN3O/c1-2-3-13(20)17-14-12(15)9-19(18-14)8-10-4-6-11(16)7-5-10/h4-7,9H,2-3,8H2,1H3,(H,17,18,20). The largest absolute Gasteiger partial charge is 0.308 e. The van der Waals surface area contributed by atoms with E-state index >= 15 is 0 Å². The number of anilines is 1. The third kappa shape index (κ3) is 4.08. The molecule has 1 aromatic heterocycles. The molecule has 6 heteroatoms. The summed E-state index contributed by atoms with van der Waals surface area (Å²) < 4.78 is 2.55. The molecular weight excluding hydrogens is 342 g/mol. The molecule has 1 amide bonds. The van der Waals surface area contributed by atoms with Crippen molar-refractivity contribution < 1.29 is 4.79 Å². The molecule has 0 unspecified atom stereocenters. The Balaban J connectivity index is 2.06. The Morgan fingerprint density at radius 2 is 2.10 bits per heavy atom. The van der Waals surface area contributed by atoms with Gasteiger partial charge in [-0.3, -0.25) is 9.48 Å². The van der Waals surface area contributed by atoms with Crippen molar-refractivity contribution >= 4 is 39.3 Å². The smallest absolute Gasteiger partial charge is 0.225 e. The molecule has 0 atom stereocenters. The first-order valence-corrected chi connectivity index (χ1v) is 7.53. The molecule has 2 rings (SSSR count). The summed E-state index contributed by atoms with van der Waals surface area (Å²) in [5, 5.41) is 7.85. The summed E-state index contributed by atoms with van der Waals surface area (Å²) in [6.07, 6.45) is 3.15. The van der Waals surface area contributed by atoms with Gasteiger partial charge in [-0.2, -0.15) is 5.10 Å². The molecule has 0 radical (unpaired) electrons. The number of carbonyl (C=O) groups excluding carboxylic acids is 1. The predicted octanol–water partition coefficient (Wildman–Crippen LogP) is 4.09. The second-order valence-corrected chi connectivity index (χ2v) is 5.74. The number of carbonyl (C=O) groups is 1. The van der Waals surface area contributed by atoms with Crippen LogP contribution in [0.4, 0.5) is 5.82 Å². The maximum absolute atomic E-state index is 11.6. The van der Waals surface area contributed by atoms with Gasteiger partial charge in [0.05, 0.1) is 11.0 Å². The lowest BCUT2D eigenvalue weighted by molar-refractivity contribution is -0.116. The lowest BCUT2D eigenvalue weighted by atomic mass is 10.2. The number of rotatable bonds is 5. The Morgan fingerprint density at radius 1 is 1.40 bits per heavy atom. The molecule has 1 aromatic carbocycles. The van der Waals surface area contributed by atoms with Gasteiger partial charge in [-0.25, -0.2) is 0 Å². The van der Waals surface area contributed by atoms with Crippen molar-refractivity contribution in [1.29, 1.82) is 0 Å². The minimum atomic E-state index is -0.0232. The summed E-state index contributed by atoms with van der Waals surface area (Å²) in [6.45, 7) is 2.59.